The number of benzene rings is 1. The minimum absolute atomic E-state index is 0. The first-order valence-corrected chi connectivity index (χ1v) is 2.12. The number of hydrogen-bond acceptors (Lipinski definition) is 0. The second-order valence-corrected chi connectivity index (χ2v) is 1.35. The summed E-state index contributed by atoms with van der Waals surface area (Å²) in [4.78, 5) is 0. The molecule has 0 saturated carbocycles. The van der Waals surface area contributed by atoms with Gasteiger partial charge in [0.15, 0.2) is 0 Å². The standard InChI is InChI=1S/C6H3F2.Bi.3H/c7-5-2-1-3-6(8)4-5;;;;/h1-3H;;;;. The molecule has 0 aliphatic carbocycles. The summed E-state index contributed by atoms with van der Waals surface area (Å²) in [5.74, 6) is -1.32. The summed E-state index contributed by atoms with van der Waals surface area (Å²) >= 11 is 0. The molecule has 0 bridgehead atoms. The van der Waals surface area contributed by atoms with Gasteiger partial charge in [-0.15, -0.1) is 0 Å². The second kappa shape index (κ2) is 3.89. The van der Waals surface area contributed by atoms with Gasteiger partial charge >= 0.3 is 26.2 Å². The first-order chi connectivity index (χ1) is 3.79. The van der Waals surface area contributed by atoms with Gasteiger partial charge in [-0.05, 0) is 12.1 Å². The Labute approximate surface area is 71.0 Å². The fourth-order valence-corrected chi connectivity index (χ4v) is 0.414. The van der Waals surface area contributed by atoms with E-state index < -0.39 is 11.6 Å². The quantitative estimate of drug-likeness (QED) is 0.613. The topological polar surface area (TPSA) is 0 Å². The molecule has 0 spiro atoms. The molecule has 1 radical (unpaired) electrons. The first-order valence-electron chi connectivity index (χ1n) is 2.12. The van der Waals surface area contributed by atoms with Crippen LogP contribution in [-0.2, 0) is 0 Å². The van der Waals surface area contributed by atoms with Crippen molar-refractivity contribution in [2.75, 3.05) is 0 Å². The molecule has 1 aromatic rings. The van der Waals surface area contributed by atoms with Crippen LogP contribution in [0.2, 0.25) is 0 Å². The van der Waals surface area contributed by atoms with Gasteiger partial charge in [0.1, 0.15) is 11.6 Å². The molecule has 0 heterocycles. The van der Waals surface area contributed by atoms with Crippen LogP contribution >= 0.6 is 0 Å². The van der Waals surface area contributed by atoms with Crippen molar-refractivity contribution >= 4 is 26.2 Å². The van der Waals surface area contributed by atoms with Gasteiger partial charge in [-0.3, -0.25) is 0 Å². The van der Waals surface area contributed by atoms with Crippen LogP contribution in [0.3, 0.4) is 0 Å². The van der Waals surface area contributed by atoms with Crippen LogP contribution in [0.25, 0.3) is 0 Å². The van der Waals surface area contributed by atoms with Crippen LogP contribution in [0.15, 0.2) is 18.2 Å². The van der Waals surface area contributed by atoms with Crippen LogP contribution in [0, 0.1) is 17.7 Å². The monoisotopic (exact) mass is 325 g/mol. The Morgan fingerprint density at radius 2 is 1.56 bits per heavy atom. The number of halogens is 2. The van der Waals surface area contributed by atoms with Crippen LogP contribution in [0.5, 0.6) is 0 Å². The Hall–Kier alpha value is -0.0369. The molecule has 1 rings (SSSR count). The third kappa shape index (κ3) is 2.85. The van der Waals surface area contributed by atoms with Gasteiger partial charge in [-0.1, -0.05) is 6.07 Å². The van der Waals surface area contributed by atoms with Crippen molar-refractivity contribution in [3.63, 3.8) is 0 Å². The zero-order valence-electron chi connectivity index (χ0n) is 4.70. The summed E-state index contributed by atoms with van der Waals surface area (Å²) in [6.07, 6.45) is 0. The van der Waals surface area contributed by atoms with E-state index in [0.717, 1.165) is 12.1 Å². The summed E-state index contributed by atoms with van der Waals surface area (Å²) in [5, 5.41) is 0. The van der Waals surface area contributed by atoms with E-state index in [-0.39, 0.29) is 26.2 Å². The molecule has 0 unspecified atom stereocenters. The molecule has 0 saturated heterocycles. The maximum absolute atomic E-state index is 11.9. The summed E-state index contributed by atoms with van der Waals surface area (Å²) in [6, 6.07) is 5.41. The zero-order valence-corrected chi connectivity index (χ0v) is 10.2. The number of rotatable bonds is 0. The molecule has 9 heavy (non-hydrogen) atoms. The first kappa shape index (κ1) is 8.96. The molecule has 0 fully saturated rings. The van der Waals surface area contributed by atoms with Crippen molar-refractivity contribution in [1.29, 1.82) is 0 Å². The van der Waals surface area contributed by atoms with E-state index in [1.54, 1.807) is 0 Å². The molecular formula is C6H6BiF2. The summed E-state index contributed by atoms with van der Waals surface area (Å²) in [5.41, 5.74) is 0. The van der Waals surface area contributed by atoms with Crippen molar-refractivity contribution in [2.45, 2.75) is 0 Å². The van der Waals surface area contributed by atoms with Crippen molar-refractivity contribution < 1.29 is 8.78 Å². The summed E-state index contributed by atoms with van der Waals surface area (Å²) < 4.78 is 23.7. The molecule has 0 aliphatic heterocycles. The Bertz CT molecular complexity index is 171. The summed E-state index contributed by atoms with van der Waals surface area (Å²) in [7, 11) is 0. The molecule has 0 amide bonds. The molecule has 0 N–H and O–H groups in total. The Balaban J connectivity index is 0.000000640. The molecule has 1 aromatic carbocycles. The fraction of sp³-hybridized carbons (Fsp3) is 0. The Kier molecular flexibility index (Phi) is 3.87. The van der Waals surface area contributed by atoms with Crippen molar-refractivity contribution in [3.05, 3.63) is 35.9 Å². The molecule has 0 atom stereocenters. The molecule has 0 aliphatic rings. The second-order valence-electron chi connectivity index (χ2n) is 1.35. The van der Waals surface area contributed by atoms with Gasteiger partial charge < -0.3 is 0 Å². The predicted molar refractivity (Wildman–Crippen MR) is 35.1 cm³/mol. The average Bonchev–Trinajstić information content (AvgIpc) is 1.64. The molecular weight excluding hydrogens is 319 g/mol. The van der Waals surface area contributed by atoms with Crippen LogP contribution in [0.4, 0.5) is 8.78 Å². The third-order valence-electron chi connectivity index (χ3n) is 0.724. The van der Waals surface area contributed by atoms with E-state index in [1.807, 2.05) is 6.07 Å². The zero-order chi connectivity index (χ0) is 5.98. The van der Waals surface area contributed by atoms with Crippen LogP contribution < -0.4 is 0 Å². The van der Waals surface area contributed by atoms with Crippen molar-refractivity contribution in [1.82, 2.24) is 0 Å². The number of hydrogen-bond donors (Lipinski definition) is 0. The SMILES string of the molecule is Fc1[c]c(F)ccc1.[BiH3]. The predicted octanol–water partition coefficient (Wildman–Crippen LogP) is 0.581. The summed E-state index contributed by atoms with van der Waals surface area (Å²) in [6.45, 7) is 0. The third-order valence-corrected chi connectivity index (χ3v) is 0.724. The van der Waals surface area contributed by atoms with Gasteiger partial charge in [-0.25, -0.2) is 8.78 Å². The van der Waals surface area contributed by atoms with Crippen molar-refractivity contribution in [3.8, 4) is 0 Å². The van der Waals surface area contributed by atoms with E-state index in [0.29, 0.717) is 0 Å². The van der Waals surface area contributed by atoms with Crippen molar-refractivity contribution in [2.24, 2.45) is 0 Å². The van der Waals surface area contributed by atoms with E-state index >= 15 is 0 Å². The minimum atomic E-state index is -0.662. The van der Waals surface area contributed by atoms with Gasteiger partial charge in [0.05, 0.1) is 6.07 Å². The Morgan fingerprint density at radius 3 is 1.78 bits per heavy atom. The van der Waals surface area contributed by atoms with Crippen LogP contribution in [-0.4, -0.2) is 26.2 Å². The van der Waals surface area contributed by atoms with E-state index in [9.17, 15) is 8.78 Å². The normalized spacial score (nSPS) is 8.22. The van der Waals surface area contributed by atoms with E-state index in [2.05, 4.69) is 0 Å². The van der Waals surface area contributed by atoms with Gasteiger partial charge in [-0.2, -0.15) is 0 Å². The van der Waals surface area contributed by atoms with Gasteiger partial charge in [0.2, 0.25) is 0 Å². The molecule has 0 aromatic heterocycles. The molecule has 0 nitrogen and oxygen atoms in total. The fourth-order valence-electron chi connectivity index (χ4n) is 0.414. The Morgan fingerprint density at radius 1 is 1.11 bits per heavy atom. The maximum atomic E-state index is 11.9. The van der Waals surface area contributed by atoms with E-state index in [1.165, 1.54) is 6.07 Å². The average molecular weight is 325 g/mol. The van der Waals surface area contributed by atoms with E-state index in [4.69, 9.17) is 0 Å². The van der Waals surface area contributed by atoms with Crippen LogP contribution in [0.1, 0.15) is 0 Å². The molecule has 49 valence electrons. The van der Waals surface area contributed by atoms with Gasteiger partial charge in [0.25, 0.3) is 0 Å². The van der Waals surface area contributed by atoms with Gasteiger partial charge in [0, 0.05) is 0 Å². The molecule has 3 heteroatoms.